The van der Waals surface area contributed by atoms with Crippen molar-refractivity contribution in [2.75, 3.05) is 14.2 Å². The lowest BCUT2D eigenvalue weighted by Crippen LogP contribution is -2.21. The van der Waals surface area contributed by atoms with Gasteiger partial charge in [-0.15, -0.1) is 0 Å². The SMILES string of the molecule is COc1cc(Cn2cnc3c(-c4ccc(F)cc4C)cc(CO)cc3c2=O)cc(OC)c1. The monoisotopic (exact) mass is 434 g/mol. The third-order valence-electron chi connectivity index (χ3n) is 5.41. The molecule has 164 valence electrons. The van der Waals surface area contributed by atoms with Crippen molar-refractivity contribution >= 4 is 10.9 Å². The summed E-state index contributed by atoms with van der Waals surface area (Å²) in [6.07, 6.45) is 1.50. The third-order valence-corrected chi connectivity index (χ3v) is 5.41. The maximum Gasteiger partial charge on any atom is 0.261 e. The Morgan fingerprint density at radius 1 is 0.969 bits per heavy atom. The zero-order chi connectivity index (χ0) is 22.8. The number of hydrogen-bond acceptors (Lipinski definition) is 5. The molecular formula is C25H23FN2O4. The molecule has 3 aromatic carbocycles. The maximum atomic E-state index is 13.6. The highest BCUT2D eigenvalue weighted by atomic mass is 19.1. The molecule has 0 aliphatic rings. The van der Waals surface area contributed by atoms with Crippen molar-refractivity contribution in [2.45, 2.75) is 20.1 Å². The number of aliphatic hydroxyl groups is 1. The molecule has 0 atom stereocenters. The van der Waals surface area contributed by atoms with Crippen LogP contribution in [0.15, 0.2) is 59.7 Å². The van der Waals surface area contributed by atoms with Crippen molar-refractivity contribution in [2.24, 2.45) is 0 Å². The smallest absolute Gasteiger partial charge is 0.261 e. The predicted molar refractivity (Wildman–Crippen MR) is 121 cm³/mol. The van der Waals surface area contributed by atoms with Crippen LogP contribution in [0.25, 0.3) is 22.0 Å². The first kappa shape index (κ1) is 21.5. The summed E-state index contributed by atoms with van der Waals surface area (Å²) >= 11 is 0. The van der Waals surface area contributed by atoms with Gasteiger partial charge in [0.1, 0.15) is 17.3 Å². The van der Waals surface area contributed by atoms with Crippen LogP contribution in [0, 0.1) is 12.7 Å². The van der Waals surface area contributed by atoms with Crippen LogP contribution in [0.5, 0.6) is 11.5 Å². The largest absolute Gasteiger partial charge is 0.497 e. The van der Waals surface area contributed by atoms with Crippen LogP contribution >= 0.6 is 0 Å². The fourth-order valence-corrected chi connectivity index (χ4v) is 3.82. The summed E-state index contributed by atoms with van der Waals surface area (Å²) < 4.78 is 25.8. The number of aliphatic hydroxyl groups excluding tert-OH is 1. The molecule has 1 aromatic heterocycles. The number of halogens is 1. The molecule has 0 saturated heterocycles. The second-order valence-electron chi connectivity index (χ2n) is 7.56. The van der Waals surface area contributed by atoms with Crippen molar-refractivity contribution in [3.8, 4) is 22.6 Å². The van der Waals surface area contributed by atoms with E-state index in [9.17, 15) is 14.3 Å². The second kappa shape index (κ2) is 8.80. The van der Waals surface area contributed by atoms with Gasteiger partial charge < -0.3 is 14.6 Å². The van der Waals surface area contributed by atoms with E-state index in [1.54, 1.807) is 45.4 Å². The van der Waals surface area contributed by atoms with Crippen LogP contribution < -0.4 is 15.0 Å². The maximum absolute atomic E-state index is 13.6. The number of aryl methyl sites for hydroxylation is 1. The zero-order valence-electron chi connectivity index (χ0n) is 18.1. The van der Waals surface area contributed by atoms with E-state index in [0.29, 0.717) is 33.5 Å². The summed E-state index contributed by atoms with van der Waals surface area (Å²) in [5.41, 5.74) is 3.81. The molecule has 1 N–H and O–H groups in total. The molecule has 0 unspecified atom stereocenters. The molecule has 0 radical (unpaired) electrons. The average molecular weight is 434 g/mol. The first-order valence-corrected chi connectivity index (χ1v) is 10.0. The molecule has 32 heavy (non-hydrogen) atoms. The number of fused-ring (bicyclic) bond motifs is 1. The number of rotatable bonds is 6. The van der Waals surface area contributed by atoms with Gasteiger partial charge in [-0.1, -0.05) is 6.07 Å². The Labute approximate surface area is 184 Å². The topological polar surface area (TPSA) is 73.6 Å². The highest BCUT2D eigenvalue weighted by Gasteiger charge is 2.15. The van der Waals surface area contributed by atoms with E-state index in [-0.39, 0.29) is 24.5 Å². The Balaban J connectivity index is 1.87. The minimum Gasteiger partial charge on any atom is -0.497 e. The fraction of sp³-hybridized carbons (Fsp3) is 0.200. The highest BCUT2D eigenvalue weighted by Crippen LogP contribution is 2.31. The van der Waals surface area contributed by atoms with Crippen molar-refractivity contribution in [3.05, 3.63) is 87.7 Å². The van der Waals surface area contributed by atoms with Crippen LogP contribution in [0.2, 0.25) is 0 Å². The van der Waals surface area contributed by atoms with Crippen molar-refractivity contribution < 1.29 is 19.0 Å². The molecule has 4 rings (SSSR count). The fourth-order valence-electron chi connectivity index (χ4n) is 3.82. The highest BCUT2D eigenvalue weighted by molar-refractivity contribution is 5.94. The number of hydrogen-bond donors (Lipinski definition) is 1. The molecule has 4 aromatic rings. The molecule has 0 spiro atoms. The summed E-state index contributed by atoms with van der Waals surface area (Å²) in [5, 5.41) is 10.2. The first-order valence-electron chi connectivity index (χ1n) is 10.0. The van der Waals surface area contributed by atoms with Gasteiger partial charge in [0.15, 0.2) is 0 Å². The molecule has 0 saturated carbocycles. The third kappa shape index (κ3) is 4.07. The van der Waals surface area contributed by atoms with Crippen LogP contribution in [0.4, 0.5) is 4.39 Å². The summed E-state index contributed by atoms with van der Waals surface area (Å²) in [6.45, 7) is 1.83. The van der Waals surface area contributed by atoms with Crippen LogP contribution in [0.1, 0.15) is 16.7 Å². The second-order valence-corrected chi connectivity index (χ2v) is 7.56. The first-order chi connectivity index (χ1) is 15.4. The lowest BCUT2D eigenvalue weighted by atomic mass is 9.96. The normalized spacial score (nSPS) is 11.0. The van der Waals surface area contributed by atoms with Crippen LogP contribution in [0.3, 0.4) is 0 Å². The summed E-state index contributed by atoms with van der Waals surface area (Å²) in [4.78, 5) is 17.9. The standard InChI is InChI=1S/C25H23FN2O4/c1-15-6-18(26)4-5-21(15)22-9-17(13-29)10-23-24(22)27-14-28(25(23)30)12-16-7-19(31-2)11-20(8-16)32-3/h4-11,14,29H,12-13H2,1-3H3. The molecule has 7 heteroatoms. The van der Waals surface area contributed by atoms with E-state index in [1.807, 2.05) is 12.1 Å². The Morgan fingerprint density at radius 3 is 2.31 bits per heavy atom. The van der Waals surface area contributed by atoms with Crippen LogP contribution in [-0.4, -0.2) is 28.9 Å². The molecule has 0 aliphatic carbocycles. The van der Waals surface area contributed by atoms with Crippen molar-refractivity contribution in [1.82, 2.24) is 9.55 Å². The molecular weight excluding hydrogens is 411 g/mol. The Kier molecular flexibility index (Phi) is 5.92. The van der Waals surface area contributed by atoms with E-state index >= 15 is 0 Å². The van der Waals surface area contributed by atoms with Gasteiger partial charge in [-0.25, -0.2) is 9.37 Å². The lowest BCUT2D eigenvalue weighted by Gasteiger charge is -2.14. The molecule has 1 heterocycles. The Bertz CT molecular complexity index is 1340. The quantitative estimate of drug-likeness (QED) is 0.495. The summed E-state index contributed by atoms with van der Waals surface area (Å²) in [6, 6.07) is 13.3. The Hall–Kier alpha value is -3.71. The van der Waals surface area contributed by atoms with Gasteiger partial charge in [0, 0.05) is 11.6 Å². The Morgan fingerprint density at radius 2 is 1.69 bits per heavy atom. The minimum absolute atomic E-state index is 0.232. The van der Waals surface area contributed by atoms with Gasteiger partial charge in [-0.3, -0.25) is 9.36 Å². The number of benzene rings is 3. The number of nitrogens with zero attached hydrogens (tertiary/aromatic N) is 2. The number of aromatic nitrogens is 2. The predicted octanol–water partition coefficient (Wildman–Crippen LogP) is 4.07. The van der Waals surface area contributed by atoms with E-state index in [4.69, 9.17) is 9.47 Å². The molecule has 0 bridgehead atoms. The van der Waals surface area contributed by atoms with E-state index < -0.39 is 0 Å². The van der Waals surface area contributed by atoms with Gasteiger partial charge in [-0.2, -0.15) is 0 Å². The molecule has 0 aliphatic heterocycles. The van der Waals surface area contributed by atoms with Gasteiger partial charge in [-0.05, 0) is 65.6 Å². The van der Waals surface area contributed by atoms with E-state index in [2.05, 4.69) is 4.98 Å². The summed E-state index contributed by atoms with van der Waals surface area (Å²) in [7, 11) is 3.13. The molecule has 0 amide bonds. The number of methoxy groups -OCH3 is 2. The van der Waals surface area contributed by atoms with Gasteiger partial charge in [0.25, 0.3) is 5.56 Å². The number of ether oxygens (including phenoxy) is 2. The van der Waals surface area contributed by atoms with Gasteiger partial charge in [0.2, 0.25) is 0 Å². The minimum atomic E-state index is -0.335. The molecule has 6 nitrogen and oxygen atoms in total. The van der Waals surface area contributed by atoms with Crippen molar-refractivity contribution in [3.63, 3.8) is 0 Å². The average Bonchev–Trinajstić information content (AvgIpc) is 2.80. The van der Waals surface area contributed by atoms with Gasteiger partial charge in [0.05, 0.1) is 44.6 Å². The summed E-state index contributed by atoms with van der Waals surface area (Å²) in [5.74, 6) is 0.911. The van der Waals surface area contributed by atoms with E-state index in [1.165, 1.54) is 23.0 Å². The van der Waals surface area contributed by atoms with Crippen molar-refractivity contribution in [1.29, 1.82) is 0 Å². The zero-order valence-corrected chi connectivity index (χ0v) is 18.1. The van der Waals surface area contributed by atoms with Crippen LogP contribution in [-0.2, 0) is 13.2 Å². The molecule has 0 fully saturated rings. The van der Waals surface area contributed by atoms with E-state index in [0.717, 1.165) is 16.7 Å². The van der Waals surface area contributed by atoms with Gasteiger partial charge >= 0.3 is 0 Å². The lowest BCUT2D eigenvalue weighted by molar-refractivity contribution is 0.282.